The molecule has 1 amide bonds. The number of amides is 1. The summed E-state index contributed by atoms with van der Waals surface area (Å²) >= 11 is 0. The molecular formula is C15H19N3O. The van der Waals surface area contributed by atoms with Gasteiger partial charge in [-0.3, -0.25) is 4.79 Å². The number of allylic oxidation sites excluding steroid dienone is 2. The van der Waals surface area contributed by atoms with Crippen LogP contribution in [0.25, 0.3) is 0 Å². The second-order valence-corrected chi connectivity index (χ2v) is 5.52. The molecule has 0 aromatic carbocycles. The quantitative estimate of drug-likeness (QED) is 0.842. The van der Waals surface area contributed by atoms with Crippen LogP contribution in [0.1, 0.15) is 43.2 Å². The summed E-state index contributed by atoms with van der Waals surface area (Å²) in [6.07, 6.45) is 9.97. The molecule has 1 saturated carbocycles. The number of carbonyl (C=O) groups is 1. The molecule has 100 valence electrons. The molecule has 2 aliphatic rings. The van der Waals surface area contributed by atoms with Crippen molar-refractivity contribution in [3.63, 3.8) is 0 Å². The van der Waals surface area contributed by atoms with Crippen molar-refractivity contribution in [3.8, 4) is 0 Å². The Bertz CT molecular complexity index is 500. The number of nitrogens with zero attached hydrogens (tertiary/aromatic N) is 2. The molecule has 1 atom stereocenters. The van der Waals surface area contributed by atoms with Crippen LogP contribution in [0.5, 0.6) is 0 Å². The third-order valence-electron chi connectivity index (χ3n) is 3.86. The normalized spacial score (nSPS) is 20.5. The number of aryl methyl sites for hydroxylation is 1. The van der Waals surface area contributed by atoms with Crippen LogP contribution in [0.2, 0.25) is 0 Å². The van der Waals surface area contributed by atoms with Gasteiger partial charge in [0, 0.05) is 17.8 Å². The minimum absolute atomic E-state index is 0.00648. The van der Waals surface area contributed by atoms with Crippen LogP contribution >= 0.6 is 0 Å². The van der Waals surface area contributed by atoms with Gasteiger partial charge in [-0.05, 0) is 44.6 Å². The maximum atomic E-state index is 12.2. The van der Waals surface area contributed by atoms with Gasteiger partial charge in [0.1, 0.15) is 0 Å². The Morgan fingerprint density at radius 2 is 2.11 bits per heavy atom. The van der Waals surface area contributed by atoms with Crippen molar-refractivity contribution in [1.29, 1.82) is 0 Å². The molecule has 1 aromatic rings. The summed E-state index contributed by atoms with van der Waals surface area (Å²) in [6.45, 7) is 1.96. The van der Waals surface area contributed by atoms with E-state index in [9.17, 15) is 4.79 Å². The average molecular weight is 257 g/mol. The molecule has 4 nitrogen and oxygen atoms in total. The summed E-state index contributed by atoms with van der Waals surface area (Å²) < 4.78 is 0. The van der Waals surface area contributed by atoms with E-state index in [-0.39, 0.29) is 17.9 Å². The van der Waals surface area contributed by atoms with Crippen molar-refractivity contribution in [2.45, 2.75) is 38.6 Å². The van der Waals surface area contributed by atoms with E-state index in [0.717, 1.165) is 37.2 Å². The smallest absolute Gasteiger partial charge is 0.224 e. The van der Waals surface area contributed by atoms with Gasteiger partial charge in [0.2, 0.25) is 5.91 Å². The Balaban J connectivity index is 1.72. The van der Waals surface area contributed by atoms with Crippen LogP contribution in [0, 0.1) is 18.8 Å². The number of hydrogen-bond donors (Lipinski definition) is 1. The van der Waals surface area contributed by atoms with E-state index in [0.29, 0.717) is 5.92 Å². The first-order valence-corrected chi connectivity index (χ1v) is 6.99. The maximum absolute atomic E-state index is 12.2. The molecule has 0 bridgehead atoms. The van der Waals surface area contributed by atoms with Gasteiger partial charge in [0.15, 0.2) is 5.82 Å². The molecule has 1 N–H and O–H groups in total. The molecule has 19 heavy (non-hydrogen) atoms. The van der Waals surface area contributed by atoms with E-state index in [1.54, 1.807) is 6.20 Å². The van der Waals surface area contributed by atoms with Crippen molar-refractivity contribution in [1.82, 2.24) is 15.3 Å². The first kappa shape index (κ1) is 12.3. The van der Waals surface area contributed by atoms with Crippen LogP contribution in [-0.4, -0.2) is 15.9 Å². The molecule has 0 spiro atoms. The highest BCUT2D eigenvalue weighted by Gasteiger charge is 2.36. The third kappa shape index (κ3) is 2.83. The lowest BCUT2D eigenvalue weighted by molar-refractivity contribution is -0.125. The summed E-state index contributed by atoms with van der Waals surface area (Å²) in [7, 11) is 0. The van der Waals surface area contributed by atoms with Crippen molar-refractivity contribution >= 4 is 5.91 Å². The van der Waals surface area contributed by atoms with E-state index in [1.165, 1.54) is 0 Å². The Morgan fingerprint density at radius 1 is 1.37 bits per heavy atom. The highest BCUT2D eigenvalue weighted by atomic mass is 16.2. The zero-order valence-corrected chi connectivity index (χ0v) is 11.2. The second-order valence-electron chi connectivity index (χ2n) is 5.52. The van der Waals surface area contributed by atoms with E-state index in [1.807, 2.05) is 13.0 Å². The monoisotopic (exact) mass is 257 g/mol. The van der Waals surface area contributed by atoms with Gasteiger partial charge in [-0.2, -0.15) is 0 Å². The molecular weight excluding hydrogens is 238 g/mol. The number of carbonyl (C=O) groups excluding carboxylic acids is 1. The summed E-state index contributed by atoms with van der Waals surface area (Å²) in [4.78, 5) is 21.1. The number of aromatic nitrogens is 2. The lowest BCUT2D eigenvalue weighted by Crippen LogP contribution is -2.35. The van der Waals surface area contributed by atoms with Crippen LogP contribution < -0.4 is 5.32 Å². The first-order chi connectivity index (χ1) is 9.24. The van der Waals surface area contributed by atoms with Gasteiger partial charge < -0.3 is 5.32 Å². The number of rotatable bonds is 4. The number of hydrogen-bond acceptors (Lipinski definition) is 3. The molecule has 0 radical (unpaired) electrons. The Hall–Kier alpha value is -1.71. The Morgan fingerprint density at radius 3 is 2.74 bits per heavy atom. The molecule has 3 rings (SSSR count). The molecule has 2 aliphatic carbocycles. The molecule has 4 heteroatoms. The van der Waals surface area contributed by atoms with Crippen LogP contribution in [0.4, 0.5) is 0 Å². The minimum atomic E-state index is -0.00648. The first-order valence-electron chi connectivity index (χ1n) is 6.99. The maximum Gasteiger partial charge on any atom is 0.224 e. The highest BCUT2D eigenvalue weighted by molar-refractivity contribution is 5.79. The molecule has 0 unspecified atom stereocenters. The van der Waals surface area contributed by atoms with Gasteiger partial charge in [-0.15, -0.1) is 0 Å². The third-order valence-corrected chi connectivity index (χ3v) is 3.86. The zero-order chi connectivity index (χ0) is 13.2. The van der Waals surface area contributed by atoms with Crippen molar-refractivity contribution < 1.29 is 4.79 Å². The Kier molecular flexibility index (Phi) is 3.32. The highest BCUT2D eigenvalue weighted by Crippen LogP contribution is 2.40. The summed E-state index contributed by atoms with van der Waals surface area (Å²) in [5, 5.41) is 3.16. The zero-order valence-electron chi connectivity index (χ0n) is 11.2. The predicted molar refractivity (Wildman–Crippen MR) is 72.2 cm³/mol. The van der Waals surface area contributed by atoms with Crippen molar-refractivity contribution in [2.24, 2.45) is 11.8 Å². The van der Waals surface area contributed by atoms with E-state index < -0.39 is 0 Å². The van der Waals surface area contributed by atoms with Gasteiger partial charge in [-0.25, -0.2) is 9.97 Å². The predicted octanol–water partition coefficient (Wildman–Crippen LogP) is 2.32. The van der Waals surface area contributed by atoms with Crippen molar-refractivity contribution in [3.05, 3.63) is 35.9 Å². The van der Waals surface area contributed by atoms with Crippen LogP contribution in [0.15, 0.2) is 24.4 Å². The SMILES string of the molecule is Cc1ccnc([C@H](NC(=O)C2CC=CC2)C2CC2)n1. The largest absolute Gasteiger partial charge is 0.346 e. The van der Waals surface area contributed by atoms with E-state index >= 15 is 0 Å². The minimum Gasteiger partial charge on any atom is -0.346 e. The fourth-order valence-corrected chi connectivity index (χ4v) is 2.54. The van der Waals surface area contributed by atoms with Gasteiger partial charge in [-0.1, -0.05) is 12.2 Å². The van der Waals surface area contributed by atoms with Crippen LogP contribution in [0.3, 0.4) is 0 Å². The number of nitrogens with one attached hydrogen (secondary N) is 1. The topological polar surface area (TPSA) is 54.9 Å². The lowest BCUT2D eigenvalue weighted by atomic mass is 10.0. The molecule has 0 saturated heterocycles. The van der Waals surface area contributed by atoms with Gasteiger partial charge in [0.25, 0.3) is 0 Å². The summed E-state index contributed by atoms with van der Waals surface area (Å²) in [5.41, 5.74) is 0.951. The average Bonchev–Trinajstić information content (AvgIpc) is 3.09. The van der Waals surface area contributed by atoms with Gasteiger partial charge >= 0.3 is 0 Å². The lowest BCUT2D eigenvalue weighted by Gasteiger charge is -2.19. The Labute approximate surface area is 113 Å². The molecule has 1 aromatic heterocycles. The van der Waals surface area contributed by atoms with Crippen molar-refractivity contribution in [2.75, 3.05) is 0 Å². The molecule has 1 heterocycles. The van der Waals surface area contributed by atoms with Crippen LogP contribution in [-0.2, 0) is 4.79 Å². The summed E-state index contributed by atoms with van der Waals surface area (Å²) in [5.74, 6) is 1.53. The fourth-order valence-electron chi connectivity index (χ4n) is 2.54. The molecule has 1 fully saturated rings. The second kappa shape index (κ2) is 5.11. The van der Waals surface area contributed by atoms with Gasteiger partial charge in [0.05, 0.1) is 6.04 Å². The van der Waals surface area contributed by atoms with E-state index in [4.69, 9.17) is 0 Å². The van der Waals surface area contributed by atoms with E-state index in [2.05, 4.69) is 27.4 Å². The fraction of sp³-hybridized carbons (Fsp3) is 0.533. The standard InChI is InChI=1S/C15H19N3O/c1-10-8-9-16-14(17-10)13(11-6-7-11)18-15(19)12-4-2-3-5-12/h2-3,8-9,11-13H,4-7H2,1H3,(H,18,19)/t13-/m1/s1. The summed E-state index contributed by atoms with van der Waals surface area (Å²) in [6, 6.07) is 1.88. The molecule has 0 aliphatic heterocycles.